The van der Waals surface area contributed by atoms with E-state index in [4.69, 9.17) is 6.57 Å². The molecule has 152 valence electrons. The summed E-state index contributed by atoms with van der Waals surface area (Å²) >= 11 is 0. The van der Waals surface area contributed by atoms with Crippen molar-refractivity contribution in [2.24, 2.45) is 0 Å². The third-order valence-corrected chi connectivity index (χ3v) is 7.18. The van der Waals surface area contributed by atoms with Gasteiger partial charge in [0.15, 0.2) is 5.69 Å². The van der Waals surface area contributed by atoms with E-state index in [1.807, 2.05) is 24.3 Å². The van der Waals surface area contributed by atoms with Gasteiger partial charge in [0.05, 0.1) is 11.8 Å². The Morgan fingerprint density at radius 2 is 1.72 bits per heavy atom. The number of carbonyl (C=O) groups excluding carboxylic acids is 1. The number of hydrogen-bond acceptors (Lipinski definition) is 3. The molecule has 0 unspecified atom stereocenters. The minimum Gasteiger partial charge on any atom is -0.322 e. The quantitative estimate of drug-likeness (QED) is 0.689. The summed E-state index contributed by atoms with van der Waals surface area (Å²) in [5.74, 6) is -0.104. The molecule has 1 amide bonds. The van der Waals surface area contributed by atoms with Gasteiger partial charge in [0.25, 0.3) is 5.91 Å². The number of nitrogens with zero attached hydrogens (tertiary/aromatic N) is 1. The van der Waals surface area contributed by atoms with Gasteiger partial charge >= 0.3 is 0 Å². The van der Waals surface area contributed by atoms with Crippen molar-refractivity contribution in [3.8, 4) is 0 Å². The van der Waals surface area contributed by atoms with Crippen LogP contribution in [0.25, 0.3) is 4.85 Å². The summed E-state index contributed by atoms with van der Waals surface area (Å²) in [5, 5.41) is 2.40. The Morgan fingerprint density at radius 1 is 1.07 bits per heavy atom. The minimum absolute atomic E-state index is 0.0937. The maximum atomic E-state index is 12.4. The molecule has 0 aliphatic heterocycles. The lowest BCUT2D eigenvalue weighted by atomic mass is 9.94. The molecule has 1 saturated carbocycles. The van der Waals surface area contributed by atoms with E-state index in [0.717, 1.165) is 24.8 Å². The lowest BCUT2D eigenvalue weighted by Crippen LogP contribution is -2.40. The van der Waals surface area contributed by atoms with Crippen molar-refractivity contribution in [3.05, 3.63) is 71.1 Å². The van der Waals surface area contributed by atoms with Crippen LogP contribution in [0, 0.1) is 6.57 Å². The van der Waals surface area contributed by atoms with Crippen LogP contribution in [-0.2, 0) is 10.0 Å². The molecule has 3 rings (SSSR count). The molecule has 2 aromatic rings. The summed E-state index contributed by atoms with van der Waals surface area (Å²) in [6.45, 7) is 10.3. The van der Waals surface area contributed by atoms with E-state index in [0.29, 0.717) is 16.9 Å². The zero-order valence-electron chi connectivity index (χ0n) is 16.6. The van der Waals surface area contributed by atoms with E-state index in [2.05, 4.69) is 14.9 Å². The number of amides is 1. The second-order valence-electron chi connectivity index (χ2n) is 7.59. The maximum absolute atomic E-state index is 12.4. The van der Waals surface area contributed by atoms with E-state index in [1.54, 1.807) is 38.1 Å². The fourth-order valence-corrected chi connectivity index (χ4v) is 4.53. The van der Waals surface area contributed by atoms with E-state index < -0.39 is 15.3 Å². The van der Waals surface area contributed by atoms with Gasteiger partial charge < -0.3 is 5.32 Å². The molecular formula is C22H25N3O3S. The van der Waals surface area contributed by atoms with Crippen LogP contribution < -0.4 is 10.0 Å². The Kier molecular flexibility index (Phi) is 6.36. The molecule has 0 spiro atoms. The molecule has 2 N–H and O–H groups in total. The number of carbonyl (C=O) groups is 1. The van der Waals surface area contributed by atoms with Crippen molar-refractivity contribution in [3.63, 3.8) is 0 Å². The topological polar surface area (TPSA) is 79.6 Å². The van der Waals surface area contributed by atoms with Gasteiger partial charge in [-0.1, -0.05) is 42.8 Å². The Balaban J connectivity index is 1.67. The van der Waals surface area contributed by atoms with Crippen LogP contribution in [0.1, 0.15) is 54.9 Å². The summed E-state index contributed by atoms with van der Waals surface area (Å²) in [6, 6.07) is 14.0. The van der Waals surface area contributed by atoms with Crippen molar-refractivity contribution in [2.75, 3.05) is 5.32 Å². The largest absolute Gasteiger partial charge is 0.322 e. The van der Waals surface area contributed by atoms with Crippen LogP contribution >= 0.6 is 0 Å². The highest BCUT2D eigenvalue weighted by atomic mass is 32.2. The average molecular weight is 412 g/mol. The molecule has 1 aliphatic carbocycles. The summed E-state index contributed by atoms with van der Waals surface area (Å²) in [4.78, 5) is 15.7. The van der Waals surface area contributed by atoms with Gasteiger partial charge in [0, 0.05) is 23.2 Å². The first kappa shape index (κ1) is 21.0. The molecule has 2 atom stereocenters. The minimum atomic E-state index is -3.31. The third-order valence-electron chi connectivity index (χ3n) is 5.31. The van der Waals surface area contributed by atoms with Crippen LogP contribution in [0.4, 0.5) is 11.4 Å². The van der Waals surface area contributed by atoms with Crippen LogP contribution in [0.3, 0.4) is 0 Å². The molecule has 7 heteroatoms. The molecule has 0 aromatic heterocycles. The lowest BCUT2D eigenvalue weighted by Gasteiger charge is -2.23. The first-order valence-electron chi connectivity index (χ1n) is 9.70. The summed E-state index contributed by atoms with van der Waals surface area (Å²) in [6.07, 6.45) is 2.75. The molecule has 6 nitrogen and oxygen atoms in total. The number of rotatable bonds is 6. The highest BCUT2D eigenvalue weighted by Crippen LogP contribution is 2.35. The van der Waals surface area contributed by atoms with Crippen molar-refractivity contribution in [1.82, 2.24) is 4.72 Å². The third kappa shape index (κ3) is 5.03. The maximum Gasteiger partial charge on any atom is 0.255 e. The molecule has 0 radical (unpaired) electrons. The fraction of sp³-hybridized carbons (Fsp3) is 0.364. The Morgan fingerprint density at radius 3 is 2.31 bits per heavy atom. The fourth-order valence-electron chi connectivity index (χ4n) is 3.55. The monoisotopic (exact) mass is 411 g/mol. The van der Waals surface area contributed by atoms with Gasteiger partial charge in [-0.25, -0.2) is 18.0 Å². The Labute approximate surface area is 172 Å². The van der Waals surface area contributed by atoms with Crippen molar-refractivity contribution in [2.45, 2.75) is 50.3 Å². The first-order valence-corrected chi connectivity index (χ1v) is 11.2. The number of nitrogens with one attached hydrogen (secondary N) is 2. The number of benzene rings is 2. The zero-order chi connectivity index (χ0) is 21.0. The zero-order valence-corrected chi connectivity index (χ0v) is 17.4. The second-order valence-corrected chi connectivity index (χ2v) is 9.86. The van der Waals surface area contributed by atoms with Crippen LogP contribution in [0.2, 0.25) is 0 Å². The highest BCUT2D eigenvalue weighted by Gasteiger charge is 2.32. The van der Waals surface area contributed by atoms with Gasteiger partial charge in [-0.2, -0.15) is 0 Å². The van der Waals surface area contributed by atoms with Gasteiger partial charge in [-0.15, -0.1) is 0 Å². The predicted octanol–water partition coefficient (Wildman–Crippen LogP) is 4.45. The van der Waals surface area contributed by atoms with Crippen LogP contribution in [0.5, 0.6) is 0 Å². The average Bonchev–Trinajstić information content (AvgIpc) is 3.16. The summed E-state index contributed by atoms with van der Waals surface area (Å²) in [7, 11) is -3.31. The molecular weight excluding hydrogens is 386 g/mol. The van der Waals surface area contributed by atoms with Gasteiger partial charge in [0.1, 0.15) is 0 Å². The number of anilines is 1. The standard InChI is InChI=1S/C22H25N3O3S/c1-15(2)29(27,28)25-21-6-4-5-20(21)16-7-13-19(14-8-16)24-22(26)17-9-11-18(23-3)12-10-17/h7-15,20-21,25H,4-6H2,1-2H3,(H,24,26)/t20-,21-/m1/s1. The molecule has 0 saturated heterocycles. The molecule has 2 aromatic carbocycles. The molecule has 0 heterocycles. The molecule has 29 heavy (non-hydrogen) atoms. The smallest absolute Gasteiger partial charge is 0.255 e. The Bertz CT molecular complexity index is 1010. The molecule has 1 fully saturated rings. The summed E-state index contributed by atoms with van der Waals surface area (Å²) in [5.41, 5.74) is 2.72. The van der Waals surface area contributed by atoms with Gasteiger partial charge in [-0.3, -0.25) is 4.79 Å². The van der Waals surface area contributed by atoms with Crippen molar-refractivity contribution < 1.29 is 13.2 Å². The molecule has 0 bridgehead atoms. The first-order chi connectivity index (χ1) is 13.8. The van der Waals surface area contributed by atoms with E-state index in [9.17, 15) is 13.2 Å². The number of hydrogen-bond donors (Lipinski definition) is 2. The summed E-state index contributed by atoms with van der Waals surface area (Å²) < 4.78 is 27.3. The van der Waals surface area contributed by atoms with Crippen LogP contribution in [0.15, 0.2) is 48.5 Å². The van der Waals surface area contributed by atoms with Crippen LogP contribution in [-0.4, -0.2) is 25.6 Å². The van der Waals surface area contributed by atoms with E-state index >= 15 is 0 Å². The van der Waals surface area contributed by atoms with E-state index in [1.165, 1.54) is 0 Å². The SMILES string of the molecule is [C-]#[N+]c1ccc(C(=O)Nc2ccc([C@H]3CCC[C@H]3NS(=O)(=O)C(C)C)cc2)cc1. The lowest BCUT2D eigenvalue weighted by molar-refractivity contribution is 0.102. The second kappa shape index (κ2) is 8.76. The van der Waals surface area contributed by atoms with Gasteiger partial charge in [-0.05, 0) is 44.4 Å². The van der Waals surface area contributed by atoms with Crippen molar-refractivity contribution >= 4 is 27.3 Å². The Hall–Kier alpha value is -2.69. The number of sulfonamides is 1. The predicted molar refractivity (Wildman–Crippen MR) is 115 cm³/mol. The van der Waals surface area contributed by atoms with Gasteiger partial charge in [0.2, 0.25) is 10.0 Å². The molecule has 1 aliphatic rings. The normalized spacial score (nSPS) is 19.1. The van der Waals surface area contributed by atoms with E-state index in [-0.39, 0.29) is 17.9 Å². The highest BCUT2D eigenvalue weighted by molar-refractivity contribution is 7.90. The van der Waals surface area contributed by atoms with Crippen molar-refractivity contribution in [1.29, 1.82) is 0 Å².